The molecule has 0 unspecified atom stereocenters. The van der Waals surface area contributed by atoms with Crippen molar-refractivity contribution in [2.45, 2.75) is 11.4 Å². The smallest absolute Gasteiger partial charge is 0.445 e. The van der Waals surface area contributed by atoms with Crippen LogP contribution in [0.25, 0.3) is 0 Å². The summed E-state index contributed by atoms with van der Waals surface area (Å²) in [6, 6.07) is 3.58. The van der Waals surface area contributed by atoms with Crippen LogP contribution in [-0.2, 0) is 6.54 Å². The van der Waals surface area contributed by atoms with E-state index in [0.717, 1.165) is 12.1 Å². The first-order valence-electron chi connectivity index (χ1n) is 3.66. The van der Waals surface area contributed by atoms with Crippen LogP contribution in [0.5, 0.6) is 0 Å². The van der Waals surface area contributed by atoms with Gasteiger partial charge in [0.05, 0.1) is 0 Å². The van der Waals surface area contributed by atoms with Gasteiger partial charge in [0.1, 0.15) is 0 Å². The van der Waals surface area contributed by atoms with Gasteiger partial charge in [0.15, 0.2) is 0 Å². The van der Waals surface area contributed by atoms with Crippen LogP contribution in [0.15, 0.2) is 23.1 Å². The van der Waals surface area contributed by atoms with Gasteiger partial charge in [-0.25, -0.2) is 0 Å². The van der Waals surface area contributed by atoms with Crippen LogP contribution < -0.4 is 62.6 Å². The molecule has 1 aromatic rings. The van der Waals surface area contributed by atoms with Gasteiger partial charge in [0, 0.05) is 11.4 Å². The number of hydrogen-bond acceptors (Lipinski definition) is 2. The van der Waals surface area contributed by atoms with Crippen molar-refractivity contribution in [1.29, 1.82) is 0 Å². The van der Waals surface area contributed by atoms with Crippen molar-refractivity contribution in [3.8, 4) is 0 Å². The molecule has 1 rings (SSSR count). The Labute approximate surface area is 129 Å². The number of nitrogens with two attached hydrogens (primary N) is 1. The molecule has 0 atom stereocenters. The third-order valence-electron chi connectivity index (χ3n) is 1.61. The summed E-state index contributed by atoms with van der Waals surface area (Å²) in [6.07, 6.45) is 0. The molecule has 0 saturated carbocycles. The van der Waals surface area contributed by atoms with E-state index in [2.05, 4.69) is 12.6 Å². The van der Waals surface area contributed by atoms with Crippen LogP contribution in [0.4, 0.5) is 12.9 Å². The van der Waals surface area contributed by atoms with Crippen molar-refractivity contribution in [2.24, 2.45) is 5.73 Å². The fourth-order valence-corrected chi connectivity index (χ4v) is 1.32. The van der Waals surface area contributed by atoms with E-state index in [1.54, 1.807) is 0 Å². The van der Waals surface area contributed by atoms with Gasteiger partial charge in [-0.2, -0.15) is 0 Å². The van der Waals surface area contributed by atoms with Crippen LogP contribution in [0.3, 0.4) is 0 Å². The zero-order valence-electron chi connectivity index (χ0n) is 7.67. The molecule has 72 valence electrons. The third kappa shape index (κ3) is 4.26. The first-order valence-corrected chi connectivity index (χ1v) is 4.11. The number of thiol groups is 1. The third-order valence-corrected chi connectivity index (χ3v) is 1.87. The molecule has 14 heavy (non-hydrogen) atoms. The molecule has 0 heterocycles. The zero-order valence-corrected chi connectivity index (χ0v) is 11.7. The first kappa shape index (κ1) is 15.0. The summed E-state index contributed by atoms with van der Waals surface area (Å²) in [6.45, 7) is -4.86. The van der Waals surface area contributed by atoms with E-state index >= 15 is 0 Å². The fraction of sp³-hybridized carbons (Fsp3) is 0.143. The van der Waals surface area contributed by atoms with Crippen LogP contribution in [-0.4, -0.2) is 6.98 Å². The van der Waals surface area contributed by atoms with E-state index in [-0.39, 0.29) is 62.8 Å². The Morgan fingerprint density at radius 1 is 1.21 bits per heavy atom. The summed E-state index contributed by atoms with van der Waals surface area (Å²) in [5.74, 6) is 0. The Bertz CT molecular complexity index is 318. The van der Waals surface area contributed by atoms with Crippen molar-refractivity contribution < 1.29 is 64.3 Å². The van der Waals surface area contributed by atoms with Crippen molar-refractivity contribution >= 4 is 25.1 Å². The predicted octanol–water partition coefficient (Wildman–Crippen LogP) is -1.51. The van der Waals surface area contributed by atoms with Gasteiger partial charge in [-0.05, 0) is 11.6 Å². The maximum absolute atomic E-state index is 12.3. The fourth-order valence-electron chi connectivity index (χ4n) is 1.01. The summed E-state index contributed by atoms with van der Waals surface area (Å²) in [5.41, 5.74) is 5.04. The molecule has 0 fully saturated rings. The molecule has 0 aliphatic rings. The van der Waals surface area contributed by atoms with E-state index in [4.69, 9.17) is 5.73 Å². The normalized spacial score (nSPS) is 10.9. The quantitative estimate of drug-likeness (QED) is 0.481. The first-order chi connectivity index (χ1) is 5.93. The van der Waals surface area contributed by atoms with Gasteiger partial charge in [-0.1, -0.05) is 12.1 Å². The molecular weight excluding hydrogens is 237 g/mol. The van der Waals surface area contributed by atoms with Gasteiger partial charge >= 0.3 is 58.4 Å². The van der Waals surface area contributed by atoms with Crippen LogP contribution >= 0.6 is 12.6 Å². The zero-order chi connectivity index (χ0) is 10.1. The summed E-state index contributed by atoms with van der Waals surface area (Å²) in [7, 11) is 0. The summed E-state index contributed by atoms with van der Waals surface area (Å²) in [4.78, 5) is 0.289. The molecule has 0 aromatic heterocycles. The summed E-state index contributed by atoms with van der Waals surface area (Å²) >= 11 is 3.86. The van der Waals surface area contributed by atoms with Crippen LogP contribution in [0, 0.1) is 0 Å². The average Bonchev–Trinajstić information content (AvgIpc) is 2.01. The Balaban J connectivity index is 0.00000169. The molecule has 1 nitrogen and oxygen atoms in total. The second-order valence-electron chi connectivity index (χ2n) is 2.71. The summed E-state index contributed by atoms with van der Waals surface area (Å²) < 4.78 is 36.8. The van der Waals surface area contributed by atoms with Gasteiger partial charge in [0.2, 0.25) is 0 Å². The van der Waals surface area contributed by atoms with Gasteiger partial charge < -0.3 is 18.7 Å². The van der Waals surface area contributed by atoms with Crippen molar-refractivity contribution in [3.05, 3.63) is 23.8 Å². The molecule has 0 saturated heterocycles. The Morgan fingerprint density at radius 3 is 2.21 bits per heavy atom. The average molecular weight is 245 g/mol. The Morgan fingerprint density at radius 2 is 1.79 bits per heavy atom. The van der Waals surface area contributed by atoms with Crippen molar-refractivity contribution in [2.75, 3.05) is 0 Å². The number of benzene rings is 1. The monoisotopic (exact) mass is 245 g/mol. The van der Waals surface area contributed by atoms with Gasteiger partial charge in [0.25, 0.3) is 0 Å². The molecule has 0 radical (unpaired) electrons. The van der Waals surface area contributed by atoms with Gasteiger partial charge in [-0.15, -0.1) is 18.1 Å². The van der Waals surface area contributed by atoms with Crippen molar-refractivity contribution in [3.63, 3.8) is 0 Å². The van der Waals surface area contributed by atoms with Crippen LogP contribution in [0.1, 0.15) is 5.56 Å². The second-order valence-corrected chi connectivity index (χ2v) is 3.23. The molecule has 0 aliphatic carbocycles. The minimum Gasteiger partial charge on any atom is -0.445 e. The van der Waals surface area contributed by atoms with Crippen LogP contribution in [0.2, 0.25) is 0 Å². The topological polar surface area (TPSA) is 26.0 Å². The number of halogens is 3. The second kappa shape index (κ2) is 5.93. The van der Waals surface area contributed by atoms with Crippen molar-refractivity contribution in [1.82, 2.24) is 0 Å². The molecule has 0 aliphatic heterocycles. The Hall–Kier alpha value is 1.02. The summed E-state index contributed by atoms with van der Waals surface area (Å²) in [5, 5.41) is 0. The van der Waals surface area contributed by atoms with E-state index in [0.29, 0.717) is 5.56 Å². The standard InChI is InChI=1S/C7H8BF3NS.K/c9-8(10,11)6-1-5(4-12)2-7(13)3-6;/h1-3,13H,4,12H2;/q-1;+1. The molecule has 0 spiro atoms. The molecular formula is C7H8BF3KNS. The van der Waals surface area contributed by atoms with E-state index < -0.39 is 12.4 Å². The van der Waals surface area contributed by atoms with E-state index in [9.17, 15) is 12.9 Å². The minimum atomic E-state index is -4.95. The largest absolute Gasteiger partial charge is 1.00 e. The van der Waals surface area contributed by atoms with E-state index in [1.165, 1.54) is 6.07 Å². The molecule has 0 amide bonds. The molecule has 7 heteroatoms. The molecule has 0 bridgehead atoms. The van der Waals surface area contributed by atoms with Gasteiger partial charge in [-0.3, -0.25) is 0 Å². The maximum atomic E-state index is 12.3. The maximum Gasteiger partial charge on any atom is 1.00 e. The number of rotatable bonds is 2. The minimum absolute atomic E-state index is 0. The SMILES string of the molecule is NCc1cc(S)cc([B-](F)(F)F)c1.[K+]. The number of hydrogen-bond donors (Lipinski definition) is 2. The van der Waals surface area contributed by atoms with E-state index in [1.807, 2.05) is 0 Å². The Kier molecular flexibility index (Phi) is 6.36. The molecule has 2 N–H and O–H groups in total. The predicted molar refractivity (Wildman–Crippen MR) is 50.3 cm³/mol. The molecule has 1 aromatic carbocycles.